The molecule has 2 bridgehead atoms. The molecule has 3 saturated carbocycles. The Bertz CT molecular complexity index is 1270. The third kappa shape index (κ3) is 8.49. The van der Waals surface area contributed by atoms with Crippen LogP contribution in [0, 0.1) is 34.5 Å². The molecule has 45 heavy (non-hydrogen) atoms. The number of alkyl halides is 3. The lowest BCUT2D eigenvalue weighted by atomic mass is 9.43. The van der Waals surface area contributed by atoms with Crippen LogP contribution in [-0.4, -0.2) is 61.9 Å². The Hall–Kier alpha value is -2.88. The molecule has 1 unspecified atom stereocenters. The van der Waals surface area contributed by atoms with Gasteiger partial charge in [-0.05, 0) is 74.2 Å². The van der Waals surface area contributed by atoms with Crippen molar-refractivity contribution in [3.05, 3.63) is 47.5 Å². The molecule has 1 saturated heterocycles. The molecule has 6 atom stereocenters. The van der Waals surface area contributed by atoms with Gasteiger partial charge in [-0.25, -0.2) is 0 Å². The van der Waals surface area contributed by atoms with Gasteiger partial charge >= 0.3 is 13.3 Å². The van der Waals surface area contributed by atoms with Gasteiger partial charge in [-0.1, -0.05) is 64.1 Å². The van der Waals surface area contributed by atoms with E-state index in [1.54, 1.807) is 6.08 Å². The highest BCUT2D eigenvalue weighted by atomic mass is 19.4. The minimum atomic E-state index is -4.50. The van der Waals surface area contributed by atoms with Crippen molar-refractivity contribution in [3.8, 4) is 6.07 Å². The molecule has 1 aromatic carbocycles. The van der Waals surface area contributed by atoms with E-state index < -0.39 is 49.2 Å². The standard InChI is InChI=1S/C33H46BF3N4O4/c1-21(2)15-23(19-38)29(42)39-14-10-9-13-25(40-20-33(35,36)37)30(43)41-28(16-22-11-7-6-8-12-22)34-44-27-18-24-17-26(31(24,3)4)32(27,5)45-34/h6-8,11-12,15,21,24-28,40H,9-10,13-14,16-18,20H2,1-5H3,(H,39,42)(H,41,43)/t24-,25?,26-,27+,28-,32-/m0/s1. The monoisotopic (exact) mass is 630 g/mol. The number of hydrogen-bond acceptors (Lipinski definition) is 6. The maximum Gasteiger partial charge on any atom is 0.482 e. The Labute approximate surface area is 265 Å². The predicted molar refractivity (Wildman–Crippen MR) is 165 cm³/mol. The third-order valence-corrected chi connectivity index (χ3v) is 9.86. The molecule has 5 rings (SSSR count). The second-order valence-corrected chi connectivity index (χ2v) is 13.9. The summed E-state index contributed by atoms with van der Waals surface area (Å²) in [7, 11) is -0.744. The summed E-state index contributed by atoms with van der Waals surface area (Å²) in [6.45, 7) is 9.24. The molecule has 1 aliphatic heterocycles. The van der Waals surface area contributed by atoms with Crippen molar-refractivity contribution in [3.63, 3.8) is 0 Å². The van der Waals surface area contributed by atoms with Gasteiger partial charge in [0.15, 0.2) is 0 Å². The van der Waals surface area contributed by atoms with E-state index in [-0.39, 0.29) is 36.0 Å². The van der Waals surface area contributed by atoms with Gasteiger partial charge in [0.1, 0.15) is 11.6 Å². The second kappa shape index (κ2) is 14.3. The number of carbonyl (C=O) groups is 2. The average Bonchev–Trinajstić information content (AvgIpc) is 3.33. The van der Waals surface area contributed by atoms with Gasteiger partial charge in [0.25, 0.3) is 5.91 Å². The van der Waals surface area contributed by atoms with Crippen LogP contribution in [0.4, 0.5) is 13.2 Å². The summed E-state index contributed by atoms with van der Waals surface area (Å²) in [5, 5.41) is 17.3. The number of rotatable bonds is 14. The zero-order chi connectivity index (χ0) is 33.0. The largest absolute Gasteiger partial charge is 0.482 e. The van der Waals surface area contributed by atoms with E-state index in [4.69, 9.17) is 9.31 Å². The van der Waals surface area contributed by atoms with Crippen LogP contribution in [0.1, 0.15) is 72.3 Å². The summed E-state index contributed by atoms with van der Waals surface area (Å²) in [6.07, 6.45) is 0.205. The first-order valence-electron chi connectivity index (χ1n) is 16.0. The number of nitrogens with zero attached hydrogens (tertiary/aromatic N) is 1. The van der Waals surface area contributed by atoms with Crippen molar-refractivity contribution >= 4 is 18.9 Å². The van der Waals surface area contributed by atoms with Crippen molar-refractivity contribution in [2.45, 2.75) is 103 Å². The maximum atomic E-state index is 13.6. The fourth-order valence-corrected chi connectivity index (χ4v) is 7.27. The van der Waals surface area contributed by atoms with Crippen LogP contribution >= 0.6 is 0 Å². The Morgan fingerprint density at radius 1 is 1.16 bits per heavy atom. The Morgan fingerprint density at radius 3 is 2.49 bits per heavy atom. The molecule has 2 amide bonds. The summed E-state index contributed by atoms with van der Waals surface area (Å²) < 4.78 is 52.8. The van der Waals surface area contributed by atoms with Crippen LogP contribution in [0.15, 0.2) is 42.0 Å². The predicted octanol–water partition coefficient (Wildman–Crippen LogP) is 4.89. The second-order valence-electron chi connectivity index (χ2n) is 13.9. The van der Waals surface area contributed by atoms with Crippen molar-refractivity contribution in [1.82, 2.24) is 16.0 Å². The van der Waals surface area contributed by atoms with E-state index in [1.165, 1.54) is 0 Å². The van der Waals surface area contributed by atoms with E-state index in [1.807, 2.05) is 50.2 Å². The number of benzene rings is 1. The first kappa shape index (κ1) is 35.0. The Balaban J connectivity index is 1.42. The molecule has 246 valence electrons. The molecule has 4 aliphatic rings. The zero-order valence-corrected chi connectivity index (χ0v) is 26.9. The summed E-state index contributed by atoms with van der Waals surface area (Å²) in [4.78, 5) is 25.9. The van der Waals surface area contributed by atoms with E-state index in [0.29, 0.717) is 31.1 Å². The molecular formula is C33H46BF3N4O4. The highest BCUT2D eigenvalue weighted by Crippen LogP contribution is 2.65. The van der Waals surface area contributed by atoms with Gasteiger partial charge in [-0.2, -0.15) is 18.4 Å². The zero-order valence-electron chi connectivity index (χ0n) is 26.9. The van der Waals surface area contributed by atoms with E-state index >= 15 is 0 Å². The van der Waals surface area contributed by atoms with E-state index in [2.05, 4.69) is 36.7 Å². The van der Waals surface area contributed by atoms with Crippen LogP contribution in [0.2, 0.25) is 0 Å². The number of allylic oxidation sites excluding steroid dienone is 1. The van der Waals surface area contributed by atoms with Crippen molar-refractivity contribution in [2.75, 3.05) is 13.1 Å². The lowest BCUT2D eigenvalue weighted by Gasteiger charge is -2.64. The summed E-state index contributed by atoms with van der Waals surface area (Å²) in [6, 6.07) is 10.3. The lowest BCUT2D eigenvalue weighted by molar-refractivity contribution is -0.199. The fraction of sp³-hybridized carbons (Fsp3) is 0.667. The molecule has 0 spiro atoms. The average molecular weight is 631 g/mol. The molecule has 0 radical (unpaired) electrons. The number of amides is 2. The first-order chi connectivity index (χ1) is 21.1. The number of nitriles is 1. The van der Waals surface area contributed by atoms with Gasteiger partial charge in [0, 0.05) is 6.54 Å². The Kier molecular flexibility index (Phi) is 11.1. The third-order valence-electron chi connectivity index (χ3n) is 9.86. The molecular weight excluding hydrogens is 584 g/mol. The van der Waals surface area contributed by atoms with Gasteiger partial charge in [0.2, 0.25) is 5.91 Å². The number of hydrogen-bond donors (Lipinski definition) is 3. The van der Waals surface area contributed by atoms with Crippen LogP contribution in [0.5, 0.6) is 0 Å². The first-order valence-corrected chi connectivity index (χ1v) is 16.0. The minimum absolute atomic E-state index is 0.0179. The quantitative estimate of drug-likeness (QED) is 0.117. The summed E-state index contributed by atoms with van der Waals surface area (Å²) >= 11 is 0. The van der Waals surface area contributed by atoms with Crippen molar-refractivity contribution < 1.29 is 32.1 Å². The highest BCUT2D eigenvalue weighted by molar-refractivity contribution is 6.48. The normalized spacial score (nSPS) is 26.8. The van der Waals surface area contributed by atoms with E-state index in [0.717, 1.165) is 18.4 Å². The van der Waals surface area contributed by atoms with Crippen molar-refractivity contribution in [1.29, 1.82) is 5.26 Å². The number of nitrogens with one attached hydrogen (secondary N) is 3. The van der Waals surface area contributed by atoms with Gasteiger partial charge < -0.3 is 19.9 Å². The van der Waals surface area contributed by atoms with Gasteiger partial charge in [-0.15, -0.1) is 0 Å². The molecule has 4 fully saturated rings. The highest BCUT2D eigenvalue weighted by Gasteiger charge is 2.68. The minimum Gasteiger partial charge on any atom is -0.404 e. The number of halogens is 3. The fourth-order valence-electron chi connectivity index (χ4n) is 7.27. The number of unbranched alkanes of at least 4 members (excludes halogenated alkanes) is 1. The summed E-state index contributed by atoms with van der Waals surface area (Å²) in [5.41, 5.74) is 0.591. The maximum absolute atomic E-state index is 13.6. The molecule has 12 heteroatoms. The smallest absolute Gasteiger partial charge is 0.404 e. The van der Waals surface area contributed by atoms with Crippen molar-refractivity contribution in [2.24, 2.45) is 23.2 Å². The number of carbonyl (C=O) groups excluding carboxylic acids is 2. The van der Waals surface area contributed by atoms with Gasteiger partial charge in [0.05, 0.1) is 30.2 Å². The van der Waals surface area contributed by atoms with Crippen LogP contribution in [0.3, 0.4) is 0 Å². The lowest BCUT2D eigenvalue weighted by Crippen LogP contribution is -2.65. The Morgan fingerprint density at radius 2 is 1.87 bits per heavy atom. The molecule has 1 aromatic rings. The van der Waals surface area contributed by atoms with Crippen LogP contribution in [0.25, 0.3) is 0 Å². The molecule has 8 nitrogen and oxygen atoms in total. The molecule has 1 heterocycles. The SMILES string of the molecule is CC(C)C=C(C#N)C(=O)NCCCCC(NCC(F)(F)F)C(=O)N[C@@H](Cc1ccccc1)B1O[C@@H]2C[C@@H]3C[C@@H](C3(C)C)[C@]2(C)O1. The molecule has 0 aromatic heterocycles. The topological polar surface area (TPSA) is 112 Å². The van der Waals surface area contributed by atoms with E-state index in [9.17, 15) is 28.0 Å². The molecule has 3 N–H and O–H groups in total. The van der Waals surface area contributed by atoms with Gasteiger partial charge in [-0.3, -0.25) is 14.9 Å². The van der Waals surface area contributed by atoms with Crippen LogP contribution < -0.4 is 16.0 Å². The summed E-state index contributed by atoms with van der Waals surface area (Å²) in [5.74, 6) is -0.783. The van der Waals surface area contributed by atoms with Crippen LogP contribution in [-0.2, 0) is 25.3 Å². The molecule has 3 aliphatic carbocycles.